The first-order chi connectivity index (χ1) is 10.2. The number of hydrogen-bond acceptors (Lipinski definition) is 1. The van der Waals surface area contributed by atoms with Crippen LogP contribution < -0.4 is 0 Å². The standard InChI is InChI=1S/C20H32O/c1-4-13-20(14-5-2)15-11-19(12-16-20)21-18-8-6-7-17(3)9-10-18/h6-10,17,19H,4-5,11-16H2,1-3H3. The molecule has 0 aromatic heterocycles. The summed E-state index contributed by atoms with van der Waals surface area (Å²) in [5.41, 5.74) is 0.617. The van der Waals surface area contributed by atoms with Crippen LogP contribution in [-0.4, -0.2) is 6.10 Å². The van der Waals surface area contributed by atoms with E-state index in [1.807, 2.05) is 0 Å². The minimum atomic E-state index is 0.421. The Kier molecular flexibility index (Phi) is 6.14. The maximum Gasteiger partial charge on any atom is 0.119 e. The van der Waals surface area contributed by atoms with Gasteiger partial charge in [0, 0.05) is 0 Å². The highest BCUT2D eigenvalue weighted by atomic mass is 16.5. The van der Waals surface area contributed by atoms with Crippen LogP contribution in [0.25, 0.3) is 0 Å². The van der Waals surface area contributed by atoms with Gasteiger partial charge in [-0.3, -0.25) is 0 Å². The molecule has 2 aliphatic rings. The summed E-state index contributed by atoms with van der Waals surface area (Å²) in [5, 5.41) is 0. The van der Waals surface area contributed by atoms with Crippen LogP contribution in [0.4, 0.5) is 0 Å². The van der Waals surface area contributed by atoms with Gasteiger partial charge in [-0.1, -0.05) is 51.8 Å². The van der Waals surface area contributed by atoms with Crippen molar-refractivity contribution in [3.8, 4) is 0 Å². The van der Waals surface area contributed by atoms with Crippen LogP contribution in [0.1, 0.15) is 72.1 Å². The summed E-state index contributed by atoms with van der Waals surface area (Å²) in [5.74, 6) is 1.55. The van der Waals surface area contributed by atoms with E-state index in [9.17, 15) is 0 Å². The first kappa shape index (κ1) is 16.4. The lowest BCUT2D eigenvalue weighted by atomic mass is 9.68. The molecule has 2 aliphatic carbocycles. The quantitative estimate of drug-likeness (QED) is 0.567. The molecule has 0 spiro atoms. The summed E-state index contributed by atoms with van der Waals surface area (Å²) in [4.78, 5) is 0. The van der Waals surface area contributed by atoms with Gasteiger partial charge in [-0.25, -0.2) is 0 Å². The number of hydrogen-bond donors (Lipinski definition) is 0. The molecular weight excluding hydrogens is 256 g/mol. The Morgan fingerprint density at radius 3 is 2.38 bits per heavy atom. The lowest BCUT2D eigenvalue weighted by molar-refractivity contribution is 0.0310. The largest absolute Gasteiger partial charge is 0.490 e. The van der Waals surface area contributed by atoms with Crippen LogP contribution in [-0.2, 0) is 4.74 Å². The van der Waals surface area contributed by atoms with Crippen molar-refractivity contribution >= 4 is 0 Å². The lowest BCUT2D eigenvalue weighted by Crippen LogP contribution is -2.30. The van der Waals surface area contributed by atoms with E-state index in [2.05, 4.69) is 51.2 Å². The molecule has 1 fully saturated rings. The van der Waals surface area contributed by atoms with Gasteiger partial charge in [0.2, 0.25) is 0 Å². The topological polar surface area (TPSA) is 9.23 Å². The third-order valence-electron chi connectivity index (χ3n) is 5.10. The van der Waals surface area contributed by atoms with Crippen LogP contribution in [0.15, 0.2) is 36.1 Å². The molecule has 1 atom stereocenters. The molecule has 1 saturated carbocycles. The summed E-state index contributed by atoms with van der Waals surface area (Å²) < 4.78 is 6.23. The van der Waals surface area contributed by atoms with Crippen molar-refractivity contribution < 1.29 is 4.74 Å². The van der Waals surface area contributed by atoms with Crippen molar-refractivity contribution in [2.24, 2.45) is 11.3 Å². The average molecular weight is 288 g/mol. The first-order valence-electron chi connectivity index (χ1n) is 8.91. The molecule has 0 N–H and O–H groups in total. The molecule has 0 aromatic rings. The van der Waals surface area contributed by atoms with Crippen LogP contribution in [0, 0.1) is 11.3 Å². The van der Waals surface area contributed by atoms with Gasteiger partial charge in [0.25, 0.3) is 0 Å². The molecule has 0 radical (unpaired) electrons. The third kappa shape index (κ3) is 4.76. The van der Waals surface area contributed by atoms with Crippen LogP contribution in [0.2, 0.25) is 0 Å². The Bertz CT molecular complexity index is 386. The highest BCUT2D eigenvalue weighted by Gasteiger charge is 2.34. The molecule has 0 saturated heterocycles. The van der Waals surface area contributed by atoms with E-state index in [0.717, 1.165) is 5.76 Å². The minimum Gasteiger partial charge on any atom is -0.490 e. The number of ether oxygens (including phenoxy) is 1. The van der Waals surface area contributed by atoms with Crippen molar-refractivity contribution in [3.05, 3.63) is 36.1 Å². The third-order valence-corrected chi connectivity index (χ3v) is 5.10. The highest BCUT2D eigenvalue weighted by Crippen LogP contribution is 2.45. The molecule has 1 heteroatoms. The fourth-order valence-electron chi connectivity index (χ4n) is 3.97. The molecule has 0 bridgehead atoms. The van der Waals surface area contributed by atoms with E-state index in [1.54, 1.807) is 0 Å². The summed E-state index contributed by atoms with van der Waals surface area (Å²) in [7, 11) is 0. The van der Waals surface area contributed by atoms with Gasteiger partial charge in [-0.2, -0.15) is 0 Å². The summed E-state index contributed by atoms with van der Waals surface area (Å²) in [6.07, 6.45) is 21.8. The zero-order valence-electron chi connectivity index (χ0n) is 14.1. The van der Waals surface area contributed by atoms with E-state index in [-0.39, 0.29) is 0 Å². The van der Waals surface area contributed by atoms with Crippen molar-refractivity contribution in [1.29, 1.82) is 0 Å². The number of rotatable bonds is 6. The summed E-state index contributed by atoms with van der Waals surface area (Å²) in [6.45, 7) is 6.86. The van der Waals surface area contributed by atoms with Gasteiger partial charge in [0.05, 0.1) is 6.10 Å². The Labute approximate surface area is 131 Å². The predicted molar refractivity (Wildman–Crippen MR) is 91.1 cm³/mol. The summed E-state index contributed by atoms with van der Waals surface area (Å²) in [6, 6.07) is 0. The van der Waals surface area contributed by atoms with E-state index < -0.39 is 0 Å². The Hall–Kier alpha value is -0.980. The van der Waals surface area contributed by atoms with Crippen LogP contribution in [0.3, 0.4) is 0 Å². The second-order valence-corrected chi connectivity index (χ2v) is 6.99. The molecule has 0 heterocycles. The van der Waals surface area contributed by atoms with Gasteiger partial charge in [0.1, 0.15) is 5.76 Å². The molecule has 21 heavy (non-hydrogen) atoms. The first-order valence-corrected chi connectivity index (χ1v) is 8.91. The van der Waals surface area contributed by atoms with E-state index in [1.165, 1.54) is 51.4 Å². The van der Waals surface area contributed by atoms with Gasteiger partial charge in [-0.15, -0.1) is 0 Å². The smallest absolute Gasteiger partial charge is 0.119 e. The van der Waals surface area contributed by atoms with Gasteiger partial charge >= 0.3 is 0 Å². The van der Waals surface area contributed by atoms with Gasteiger partial charge in [0.15, 0.2) is 0 Å². The van der Waals surface area contributed by atoms with E-state index in [0.29, 0.717) is 17.4 Å². The second-order valence-electron chi connectivity index (χ2n) is 6.99. The Morgan fingerprint density at radius 2 is 1.76 bits per heavy atom. The zero-order valence-corrected chi connectivity index (χ0v) is 14.1. The van der Waals surface area contributed by atoms with E-state index >= 15 is 0 Å². The highest BCUT2D eigenvalue weighted by molar-refractivity contribution is 5.24. The molecular formula is C20H32O. The lowest BCUT2D eigenvalue weighted by Gasteiger charge is -2.40. The number of allylic oxidation sites excluding steroid dienone is 5. The molecule has 0 aliphatic heterocycles. The molecule has 0 aromatic carbocycles. The fraction of sp³-hybridized carbons (Fsp3) is 0.700. The van der Waals surface area contributed by atoms with Gasteiger partial charge in [-0.05, 0) is 62.0 Å². The molecule has 2 rings (SSSR count). The van der Waals surface area contributed by atoms with Crippen molar-refractivity contribution in [1.82, 2.24) is 0 Å². The van der Waals surface area contributed by atoms with E-state index in [4.69, 9.17) is 4.74 Å². The van der Waals surface area contributed by atoms with Crippen molar-refractivity contribution in [2.45, 2.75) is 78.2 Å². The maximum absolute atomic E-state index is 6.23. The fourth-order valence-corrected chi connectivity index (χ4v) is 3.97. The van der Waals surface area contributed by atoms with Crippen LogP contribution >= 0.6 is 0 Å². The van der Waals surface area contributed by atoms with Gasteiger partial charge < -0.3 is 4.74 Å². The molecule has 0 amide bonds. The average Bonchev–Trinajstić information content (AvgIpc) is 2.67. The normalized spacial score (nSPS) is 25.5. The zero-order chi connectivity index (χ0) is 15.1. The SMILES string of the molecule is CCCC1(CCC)CCC(OC2=CC=CC(C)C=C2)CC1. The second kappa shape index (κ2) is 7.87. The van der Waals surface area contributed by atoms with Crippen LogP contribution in [0.5, 0.6) is 0 Å². The van der Waals surface area contributed by atoms with Crippen molar-refractivity contribution in [3.63, 3.8) is 0 Å². The Balaban J connectivity index is 1.87. The predicted octanol–water partition coefficient (Wildman–Crippen LogP) is 6.18. The minimum absolute atomic E-state index is 0.421. The maximum atomic E-state index is 6.23. The molecule has 118 valence electrons. The molecule has 1 unspecified atom stereocenters. The summed E-state index contributed by atoms with van der Waals surface area (Å²) >= 11 is 0. The monoisotopic (exact) mass is 288 g/mol. The van der Waals surface area contributed by atoms with Crippen molar-refractivity contribution in [2.75, 3.05) is 0 Å². The Morgan fingerprint density at radius 1 is 1.10 bits per heavy atom. The molecule has 1 nitrogen and oxygen atoms in total.